The van der Waals surface area contributed by atoms with Gasteiger partial charge in [-0.3, -0.25) is 9.59 Å². The molecule has 8 heteroatoms. The highest BCUT2D eigenvalue weighted by Gasteiger charge is 2.53. The Morgan fingerprint density at radius 2 is 1.76 bits per heavy atom. The predicted molar refractivity (Wildman–Crippen MR) is 119 cm³/mol. The normalized spacial score (nSPS) is 21.4. The van der Waals surface area contributed by atoms with Crippen LogP contribution in [0.25, 0.3) is 0 Å². The van der Waals surface area contributed by atoms with Crippen LogP contribution in [0.15, 0.2) is 42.5 Å². The molecule has 33 heavy (non-hydrogen) atoms. The van der Waals surface area contributed by atoms with Crippen molar-refractivity contribution in [1.82, 2.24) is 4.90 Å². The number of rotatable bonds is 9. The molecule has 1 amide bonds. The second-order valence-corrected chi connectivity index (χ2v) is 8.00. The summed E-state index contributed by atoms with van der Waals surface area (Å²) in [5.41, 5.74) is 1.52. The number of carbonyl (C=O) groups excluding carboxylic acids is 2. The van der Waals surface area contributed by atoms with E-state index in [4.69, 9.17) is 23.7 Å². The van der Waals surface area contributed by atoms with Gasteiger partial charge in [0.15, 0.2) is 11.5 Å². The first kappa shape index (κ1) is 22.9. The van der Waals surface area contributed by atoms with Crippen molar-refractivity contribution < 1.29 is 33.3 Å². The molecule has 176 valence electrons. The number of nitrogens with zero attached hydrogens (tertiary/aromatic N) is 1. The highest BCUT2D eigenvalue weighted by molar-refractivity contribution is 5.94. The summed E-state index contributed by atoms with van der Waals surface area (Å²) in [7, 11) is 2.94. The van der Waals surface area contributed by atoms with E-state index in [1.165, 1.54) is 7.11 Å². The Balaban J connectivity index is 1.75. The molecule has 1 fully saturated rings. The summed E-state index contributed by atoms with van der Waals surface area (Å²) in [5, 5.41) is 0. The molecule has 0 aromatic heterocycles. The van der Waals surface area contributed by atoms with Gasteiger partial charge in [0.1, 0.15) is 5.75 Å². The van der Waals surface area contributed by atoms with Gasteiger partial charge in [0, 0.05) is 13.2 Å². The number of amides is 1. The average Bonchev–Trinajstić information content (AvgIpc) is 3.43. The summed E-state index contributed by atoms with van der Waals surface area (Å²) >= 11 is 0. The first-order valence-corrected chi connectivity index (χ1v) is 11.1. The Hall–Kier alpha value is -3.26. The molecule has 0 saturated carbocycles. The molecular formula is C25H29NO7. The van der Waals surface area contributed by atoms with Gasteiger partial charge in [-0.2, -0.15) is 0 Å². The molecule has 2 aliphatic heterocycles. The second kappa shape index (κ2) is 10.1. The third-order valence-electron chi connectivity index (χ3n) is 6.10. The fraction of sp³-hybridized carbons (Fsp3) is 0.440. The van der Waals surface area contributed by atoms with Crippen LogP contribution in [0.1, 0.15) is 36.4 Å². The topological polar surface area (TPSA) is 83.5 Å². The van der Waals surface area contributed by atoms with Gasteiger partial charge >= 0.3 is 5.97 Å². The van der Waals surface area contributed by atoms with E-state index in [-0.39, 0.29) is 12.7 Å². The van der Waals surface area contributed by atoms with E-state index in [0.29, 0.717) is 42.6 Å². The van der Waals surface area contributed by atoms with Gasteiger partial charge in [-0.05, 0) is 41.8 Å². The third-order valence-corrected chi connectivity index (χ3v) is 6.10. The van der Waals surface area contributed by atoms with Crippen molar-refractivity contribution in [2.45, 2.75) is 25.3 Å². The molecule has 2 aliphatic rings. The zero-order valence-electron chi connectivity index (χ0n) is 19.1. The molecule has 0 radical (unpaired) electrons. The molecule has 2 aromatic carbocycles. The quantitative estimate of drug-likeness (QED) is 0.424. The minimum Gasteiger partial charge on any atom is -0.497 e. The van der Waals surface area contributed by atoms with E-state index in [1.54, 1.807) is 24.1 Å². The maximum absolute atomic E-state index is 13.8. The molecule has 0 N–H and O–H groups in total. The molecule has 1 saturated heterocycles. The summed E-state index contributed by atoms with van der Waals surface area (Å²) in [6.45, 7) is 3.52. The van der Waals surface area contributed by atoms with Crippen molar-refractivity contribution in [2.75, 3.05) is 40.8 Å². The van der Waals surface area contributed by atoms with E-state index in [0.717, 1.165) is 12.0 Å². The SMILES string of the molecule is CCCOCCN1C(=O)[C@H](c2ccc3c(c2)OCO3)[C@H](C(=O)OC)[C@@H]1c1ccc(OC)cc1. The van der Waals surface area contributed by atoms with Crippen LogP contribution in [0, 0.1) is 5.92 Å². The van der Waals surface area contributed by atoms with Gasteiger partial charge in [-0.1, -0.05) is 25.1 Å². The Kier molecular flexibility index (Phi) is 7.03. The van der Waals surface area contributed by atoms with Crippen molar-refractivity contribution in [3.05, 3.63) is 53.6 Å². The first-order valence-electron chi connectivity index (χ1n) is 11.1. The Bertz CT molecular complexity index is 991. The number of benzene rings is 2. The Labute approximate surface area is 193 Å². The standard InChI is InChI=1S/C25H29NO7/c1-4-12-31-13-11-26-23(16-5-8-18(29-2)9-6-16)22(25(28)30-3)21(24(26)27)17-7-10-19-20(14-17)33-15-32-19/h5-10,14,21-23H,4,11-13,15H2,1-3H3/t21-,22+,23+/m1/s1. The molecule has 0 aliphatic carbocycles. The lowest BCUT2D eigenvalue weighted by molar-refractivity contribution is -0.147. The van der Waals surface area contributed by atoms with E-state index < -0.39 is 23.8 Å². The van der Waals surface area contributed by atoms with Crippen molar-refractivity contribution in [3.63, 3.8) is 0 Å². The van der Waals surface area contributed by atoms with E-state index in [1.807, 2.05) is 37.3 Å². The molecule has 8 nitrogen and oxygen atoms in total. The van der Waals surface area contributed by atoms with Crippen LogP contribution in [0.3, 0.4) is 0 Å². The third kappa shape index (κ3) is 4.48. The number of esters is 1. The zero-order valence-corrected chi connectivity index (χ0v) is 19.1. The summed E-state index contributed by atoms with van der Waals surface area (Å²) < 4.78 is 27.1. The van der Waals surface area contributed by atoms with Gasteiger partial charge in [0.05, 0.1) is 38.7 Å². The molecule has 3 atom stereocenters. The summed E-state index contributed by atoms with van der Waals surface area (Å²) in [6.07, 6.45) is 0.889. The molecule has 0 spiro atoms. The van der Waals surface area contributed by atoms with Gasteiger partial charge < -0.3 is 28.6 Å². The van der Waals surface area contributed by atoms with Gasteiger partial charge in [0.2, 0.25) is 12.7 Å². The van der Waals surface area contributed by atoms with Crippen LogP contribution in [0.4, 0.5) is 0 Å². The van der Waals surface area contributed by atoms with Crippen LogP contribution >= 0.6 is 0 Å². The molecular weight excluding hydrogens is 426 g/mol. The smallest absolute Gasteiger partial charge is 0.312 e. The maximum Gasteiger partial charge on any atom is 0.312 e. The lowest BCUT2D eigenvalue weighted by Gasteiger charge is -2.28. The molecule has 2 heterocycles. The van der Waals surface area contributed by atoms with Crippen molar-refractivity contribution in [1.29, 1.82) is 0 Å². The number of hydrogen-bond donors (Lipinski definition) is 0. The number of methoxy groups -OCH3 is 2. The second-order valence-electron chi connectivity index (χ2n) is 8.00. The van der Waals surface area contributed by atoms with Crippen LogP contribution < -0.4 is 14.2 Å². The van der Waals surface area contributed by atoms with Gasteiger partial charge in [0.25, 0.3) is 0 Å². The number of ether oxygens (including phenoxy) is 5. The average molecular weight is 456 g/mol. The van der Waals surface area contributed by atoms with Gasteiger partial charge in [-0.15, -0.1) is 0 Å². The van der Waals surface area contributed by atoms with Crippen molar-refractivity contribution in [2.24, 2.45) is 5.92 Å². The first-order chi connectivity index (χ1) is 16.1. The number of carbonyl (C=O) groups is 2. The predicted octanol–water partition coefficient (Wildman–Crippen LogP) is 3.31. The summed E-state index contributed by atoms with van der Waals surface area (Å²) in [6, 6.07) is 12.3. The molecule has 2 aromatic rings. The molecule has 4 rings (SSSR count). The monoisotopic (exact) mass is 455 g/mol. The molecule has 0 bridgehead atoms. The number of fused-ring (bicyclic) bond motifs is 1. The minimum absolute atomic E-state index is 0.132. The van der Waals surface area contributed by atoms with Crippen LogP contribution in [-0.4, -0.2) is 57.5 Å². The fourth-order valence-electron chi connectivity index (χ4n) is 4.55. The lowest BCUT2D eigenvalue weighted by Crippen LogP contribution is -2.33. The van der Waals surface area contributed by atoms with Crippen LogP contribution in [0.5, 0.6) is 17.2 Å². The Morgan fingerprint density at radius 3 is 2.45 bits per heavy atom. The van der Waals surface area contributed by atoms with Crippen LogP contribution in [-0.2, 0) is 19.1 Å². The van der Waals surface area contributed by atoms with Gasteiger partial charge in [-0.25, -0.2) is 0 Å². The van der Waals surface area contributed by atoms with E-state index >= 15 is 0 Å². The lowest BCUT2D eigenvalue weighted by atomic mass is 9.82. The van der Waals surface area contributed by atoms with Crippen LogP contribution in [0.2, 0.25) is 0 Å². The summed E-state index contributed by atoms with van der Waals surface area (Å²) in [5.74, 6) is -0.158. The number of likely N-dealkylation sites (tertiary alicyclic amines) is 1. The largest absolute Gasteiger partial charge is 0.497 e. The number of hydrogen-bond acceptors (Lipinski definition) is 7. The summed E-state index contributed by atoms with van der Waals surface area (Å²) in [4.78, 5) is 28.6. The van der Waals surface area contributed by atoms with Crippen molar-refractivity contribution >= 4 is 11.9 Å². The molecule has 0 unspecified atom stereocenters. The fourth-order valence-corrected chi connectivity index (χ4v) is 4.55. The maximum atomic E-state index is 13.8. The highest BCUT2D eigenvalue weighted by Crippen LogP contribution is 2.48. The highest BCUT2D eigenvalue weighted by atomic mass is 16.7. The minimum atomic E-state index is -0.734. The zero-order chi connectivity index (χ0) is 23.4. The van der Waals surface area contributed by atoms with E-state index in [2.05, 4.69) is 0 Å². The van der Waals surface area contributed by atoms with E-state index in [9.17, 15) is 9.59 Å². The Morgan fingerprint density at radius 1 is 1.03 bits per heavy atom. The van der Waals surface area contributed by atoms with Crippen molar-refractivity contribution in [3.8, 4) is 17.2 Å².